The first-order chi connectivity index (χ1) is 15.6. The number of carbonyl (C=O) groups is 3. The molecular weight excluding hydrogens is 404 g/mol. The minimum absolute atomic E-state index is 0.0536. The summed E-state index contributed by atoms with van der Waals surface area (Å²) >= 11 is 0. The summed E-state index contributed by atoms with van der Waals surface area (Å²) in [7, 11) is 0. The topological polar surface area (TPSA) is 94.3 Å². The third kappa shape index (κ3) is 3.86. The standard InChI is InChI=1S/C25H26N4O3/c30-22(26-20-12-6-10-18-17-9-4-5-11-19(17)27-23(18)20)14-13-21-24(31)29(25(32)28-21)15-16-7-2-1-3-8-16/h1-5,7-9,11,20-21,27H,6,10,12-15H2,(H,26,30)(H,28,32)/t20?,21-/m0/s1. The lowest BCUT2D eigenvalue weighted by molar-refractivity contribution is -0.128. The molecule has 0 bridgehead atoms. The maximum atomic E-state index is 12.7. The van der Waals surface area contributed by atoms with Crippen LogP contribution < -0.4 is 10.6 Å². The van der Waals surface area contributed by atoms with Crippen molar-refractivity contribution < 1.29 is 14.4 Å². The summed E-state index contributed by atoms with van der Waals surface area (Å²) in [5.41, 5.74) is 4.36. The molecule has 3 aromatic rings. The van der Waals surface area contributed by atoms with Gasteiger partial charge in [0.25, 0.3) is 5.91 Å². The molecule has 3 N–H and O–H groups in total. The molecule has 0 radical (unpaired) electrons. The summed E-state index contributed by atoms with van der Waals surface area (Å²) in [4.78, 5) is 42.4. The van der Waals surface area contributed by atoms with Crippen LogP contribution in [-0.2, 0) is 22.6 Å². The Labute approximate surface area is 186 Å². The predicted octanol–water partition coefficient (Wildman–Crippen LogP) is 3.56. The summed E-state index contributed by atoms with van der Waals surface area (Å²) in [6.07, 6.45) is 3.38. The third-order valence-electron chi connectivity index (χ3n) is 6.40. The first kappa shape index (κ1) is 20.3. The smallest absolute Gasteiger partial charge is 0.325 e. The number of aryl methyl sites for hydroxylation is 1. The number of amides is 4. The van der Waals surface area contributed by atoms with Crippen molar-refractivity contribution in [1.82, 2.24) is 20.5 Å². The van der Waals surface area contributed by atoms with E-state index >= 15 is 0 Å². The second-order valence-corrected chi connectivity index (χ2v) is 8.53. The van der Waals surface area contributed by atoms with E-state index in [0.29, 0.717) is 0 Å². The molecule has 2 aromatic carbocycles. The van der Waals surface area contributed by atoms with Gasteiger partial charge in [0.2, 0.25) is 5.91 Å². The molecule has 2 atom stereocenters. The quantitative estimate of drug-likeness (QED) is 0.522. The Bertz CT molecular complexity index is 1170. The van der Waals surface area contributed by atoms with Gasteiger partial charge in [-0.25, -0.2) is 4.79 Å². The second kappa shape index (κ2) is 8.49. The van der Waals surface area contributed by atoms with Gasteiger partial charge in [0.1, 0.15) is 6.04 Å². The molecule has 7 heteroatoms. The van der Waals surface area contributed by atoms with Crippen molar-refractivity contribution in [3.8, 4) is 0 Å². The number of carbonyl (C=O) groups excluding carboxylic acids is 3. The van der Waals surface area contributed by atoms with Crippen LogP contribution >= 0.6 is 0 Å². The van der Waals surface area contributed by atoms with Crippen LogP contribution in [0.2, 0.25) is 0 Å². The van der Waals surface area contributed by atoms with Gasteiger partial charge in [-0.2, -0.15) is 0 Å². The first-order valence-electron chi connectivity index (χ1n) is 11.1. The van der Waals surface area contributed by atoms with Gasteiger partial charge < -0.3 is 15.6 Å². The Morgan fingerprint density at radius 2 is 1.84 bits per heavy atom. The molecule has 1 unspecified atom stereocenters. The van der Waals surface area contributed by atoms with Crippen LogP contribution in [0.3, 0.4) is 0 Å². The van der Waals surface area contributed by atoms with Crippen molar-refractivity contribution in [2.45, 2.75) is 50.7 Å². The lowest BCUT2D eigenvalue weighted by Gasteiger charge is -2.24. The molecule has 1 saturated heterocycles. The molecule has 1 aliphatic heterocycles. The van der Waals surface area contributed by atoms with Crippen molar-refractivity contribution in [3.05, 3.63) is 71.4 Å². The normalized spacial score (nSPS) is 20.3. The van der Waals surface area contributed by atoms with Crippen molar-refractivity contribution in [2.24, 2.45) is 0 Å². The fourth-order valence-electron chi connectivity index (χ4n) is 4.79. The van der Waals surface area contributed by atoms with Gasteiger partial charge in [0.15, 0.2) is 0 Å². The highest BCUT2D eigenvalue weighted by Gasteiger charge is 2.38. The van der Waals surface area contributed by atoms with E-state index in [0.717, 1.165) is 36.0 Å². The van der Waals surface area contributed by atoms with Crippen LogP contribution in [-0.4, -0.2) is 33.8 Å². The number of urea groups is 1. The number of nitrogens with zero attached hydrogens (tertiary/aromatic N) is 1. The number of fused-ring (bicyclic) bond motifs is 3. The van der Waals surface area contributed by atoms with E-state index in [1.54, 1.807) is 0 Å². The average Bonchev–Trinajstić information content (AvgIpc) is 3.32. The number of nitrogens with one attached hydrogen (secondary N) is 3. The number of aromatic amines is 1. The number of benzene rings is 2. The van der Waals surface area contributed by atoms with E-state index in [1.165, 1.54) is 15.8 Å². The fourth-order valence-corrected chi connectivity index (χ4v) is 4.79. The van der Waals surface area contributed by atoms with E-state index in [9.17, 15) is 14.4 Å². The van der Waals surface area contributed by atoms with Crippen molar-refractivity contribution in [3.63, 3.8) is 0 Å². The van der Waals surface area contributed by atoms with Crippen molar-refractivity contribution in [1.29, 1.82) is 0 Å². The molecule has 2 aliphatic rings. The van der Waals surface area contributed by atoms with Gasteiger partial charge in [-0.15, -0.1) is 0 Å². The molecule has 7 nitrogen and oxygen atoms in total. The van der Waals surface area contributed by atoms with Crippen LogP contribution in [0.25, 0.3) is 10.9 Å². The molecule has 1 aromatic heterocycles. The molecule has 32 heavy (non-hydrogen) atoms. The van der Waals surface area contributed by atoms with Gasteiger partial charge >= 0.3 is 6.03 Å². The molecule has 164 valence electrons. The van der Waals surface area contributed by atoms with E-state index < -0.39 is 12.1 Å². The summed E-state index contributed by atoms with van der Waals surface area (Å²) in [6.45, 7) is 0.236. The SMILES string of the molecule is O=C(CC[C@@H]1NC(=O)N(Cc2ccccc2)C1=O)NC1CCCc2c1[nH]c1ccccc21. The summed E-state index contributed by atoms with van der Waals surface area (Å²) in [6, 6.07) is 16.5. The van der Waals surface area contributed by atoms with Crippen molar-refractivity contribution >= 4 is 28.7 Å². The summed E-state index contributed by atoms with van der Waals surface area (Å²) in [5.74, 6) is -0.382. The van der Waals surface area contributed by atoms with E-state index in [-0.39, 0.29) is 37.2 Å². The summed E-state index contributed by atoms with van der Waals surface area (Å²) in [5, 5.41) is 7.07. The monoisotopic (exact) mass is 430 g/mol. The minimum Gasteiger partial charge on any atom is -0.356 e. The average molecular weight is 431 g/mol. The summed E-state index contributed by atoms with van der Waals surface area (Å²) < 4.78 is 0. The maximum Gasteiger partial charge on any atom is 0.325 e. The van der Waals surface area contributed by atoms with Gasteiger partial charge in [0, 0.05) is 23.0 Å². The van der Waals surface area contributed by atoms with Gasteiger partial charge in [0.05, 0.1) is 12.6 Å². The number of aromatic nitrogens is 1. The fraction of sp³-hybridized carbons (Fsp3) is 0.320. The van der Waals surface area contributed by atoms with Gasteiger partial charge in [-0.1, -0.05) is 48.5 Å². The molecule has 5 rings (SSSR count). The van der Waals surface area contributed by atoms with Crippen LogP contribution in [0.5, 0.6) is 0 Å². The van der Waals surface area contributed by atoms with Crippen LogP contribution in [0.1, 0.15) is 48.5 Å². The Hall–Kier alpha value is -3.61. The highest BCUT2D eigenvalue weighted by molar-refractivity contribution is 6.04. The Morgan fingerprint density at radius 3 is 2.69 bits per heavy atom. The molecule has 0 spiro atoms. The Balaban J connectivity index is 1.19. The number of hydrogen-bond acceptors (Lipinski definition) is 3. The van der Waals surface area contributed by atoms with Crippen LogP contribution in [0.4, 0.5) is 4.79 Å². The Morgan fingerprint density at radius 1 is 1.06 bits per heavy atom. The molecule has 1 fully saturated rings. The lowest BCUT2D eigenvalue weighted by atomic mass is 9.91. The zero-order valence-corrected chi connectivity index (χ0v) is 17.8. The largest absolute Gasteiger partial charge is 0.356 e. The molecular formula is C25H26N4O3. The number of para-hydroxylation sites is 1. The Kier molecular flexibility index (Phi) is 5.39. The van der Waals surface area contributed by atoms with Crippen LogP contribution in [0.15, 0.2) is 54.6 Å². The number of H-pyrrole nitrogens is 1. The highest BCUT2D eigenvalue weighted by atomic mass is 16.2. The van der Waals surface area contributed by atoms with E-state index in [2.05, 4.69) is 27.8 Å². The van der Waals surface area contributed by atoms with Gasteiger partial charge in [-0.3, -0.25) is 14.5 Å². The van der Waals surface area contributed by atoms with Gasteiger partial charge in [-0.05, 0) is 42.9 Å². The molecule has 4 amide bonds. The zero-order valence-electron chi connectivity index (χ0n) is 17.8. The van der Waals surface area contributed by atoms with Crippen LogP contribution in [0, 0.1) is 0 Å². The highest BCUT2D eigenvalue weighted by Crippen LogP contribution is 2.34. The predicted molar refractivity (Wildman–Crippen MR) is 121 cm³/mol. The maximum absolute atomic E-state index is 12.7. The van der Waals surface area contributed by atoms with E-state index in [1.807, 2.05) is 42.5 Å². The second-order valence-electron chi connectivity index (χ2n) is 8.53. The molecule has 2 heterocycles. The van der Waals surface area contributed by atoms with Crippen molar-refractivity contribution in [2.75, 3.05) is 0 Å². The number of rotatable bonds is 6. The lowest BCUT2D eigenvalue weighted by Crippen LogP contribution is -2.34. The first-order valence-corrected chi connectivity index (χ1v) is 11.1. The third-order valence-corrected chi connectivity index (χ3v) is 6.40. The molecule has 1 aliphatic carbocycles. The van der Waals surface area contributed by atoms with E-state index in [4.69, 9.17) is 0 Å². The number of hydrogen-bond donors (Lipinski definition) is 3. The molecule has 0 saturated carbocycles. The zero-order chi connectivity index (χ0) is 22.1. The minimum atomic E-state index is -0.660. The number of imide groups is 1.